The number of carbonyl (C=O) groups excluding carboxylic acids is 1. The van der Waals surface area contributed by atoms with E-state index < -0.39 is 0 Å². The number of rotatable bonds is 5. The average molecular weight is 299 g/mol. The van der Waals surface area contributed by atoms with Gasteiger partial charge in [-0.3, -0.25) is 4.79 Å². The zero-order chi connectivity index (χ0) is 15.5. The molecule has 1 aliphatic carbocycles. The van der Waals surface area contributed by atoms with Crippen LogP contribution in [0.15, 0.2) is 30.6 Å². The largest absolute Gasteiger partial charge is 0.493 e. The van der Waals surface area contributed by atoms with Crippen LogP contribution in [0.1, 0.15) is 34.9 Å². The van der Waals surface area contributed by atoms with Crippen LogP contribution in [-0.4, -0.2) is 30.1 Å². The molecule has 114 valence electrons. The maximum Gasteiger partial charge on any atom is 0.258 e. The van der Waals surface area contributed by atoms with Crippen molar-refractivity contribution in [1.29, 1.82) is 0 Å². The summed E-state index contributed by atoms with van der Waals surface area (Å²) in [7, 11) is 3.11. The number of nitrogens with one attached hydrogen (secondary N) is 1. The summed E-state index contributed by atoms with van der Waals surface area (Å²) in [5, 5.41) is 2.79. The molecular weight excluding hydrogens is 282 g/mol. The highest BCUT2D eigenvalue weighted by molar-refractivity contribution is 6.04. The predicted molar refractivity (Wildman–Crippen MR) is 81.5 cm³/mol. The Morgan fingerprint density at radius 1 is 1.14 bits per heavy atom. The molecule has 0 aliphatic heterocycles. The van der Waals surface area contributed by atoms with E-state index >= 15 is 0 Å². The molecule has 22 heavy (non-hydrogen) atoms. The van der Waals surface area contributed by atoms with Crippen LogP contribution in [0.2, 0.25) is 0 Å². The summed E-state index contributed by atoms with van der Waals surface area (Å²) >= 11 is 0. The minimum atomic E-state index is -0.255. The van der Waals surface area contributed by atoms with E-state index in [-0.39, 0.29) is 5.91 Å². The molecule has 0 bridgehead atoms. The van der Waals surface area contributed by atoms with Gasteiger partial charge in [-0.2, -0.15) is 0 Å². The second-order valence-corrected chi connectivity index (χ2v) is 5.13. The van der Waals surface area contributed by atoms with Gasteiger partial charge in [-0.1, -0.05) is 0 Å². The molecule has 1 amide bonds. The summed E-state index contributed by atoms with van der Waals surface area (Å²) in [5.41, 5.74) is 1.05. The van der Waals surface area contributed by atoms with Gasteiger partial charge in [-0.05, 0) is 25.0 Å². The number of aromatic nitrogens is 2. The molecule has 0 radical (unpaired) electrons. The Balaban J connectivity index is 1.72. The Hall–Kier alpha value is -2.63. The van der Waals surface area contributed by atoms with Crippen molar-refractivity contribution in [2.75, 3.05) is 19.5 Å². The van der Waals surface area contributed by atoms with Crippen LogP contribution in [0.5, 0.6) is 11.5 Å². The number of methoxy groups -OCH3 is 2. The standard InChI is InChI=1S/C16H17N3O3/c1-21-13-6-5-12(7-14(13)22-2)19-16(20)11-8-17-15(18-9-11)10-3-4-10/h5-10H,3-4H2,1-2H3,(H,19,20). The fourth-order valence-electron chi connectivity index (χ4n) is 2.12. The van der Waals surface area contributed by atoms with E-state index in [0.29, 0.717) is 28.7 Å². The minimum absolute atomic E-state index is 0.255. The molecule has 1 fully saturated rings. The van der Waals surface area contributed by atoms with Crippen molar-refractivity contribution >= 4 is 11.6 Å². The zero-order valence-electron chi connectivity index (χ0n) is 12.5. The summed E-state index contributed by atoms with van der Waals surface area (Å²) in [6.45, 7) is 0. The van der Waals surface area contributed by atoms with Gasteiger partial charge in [0.25, 0.3) is 5.91 Å². The van der Waals surface area contributed by atoms with Gasteiger partial charge >= 0.3 is 0 Å². The van der Waals surface area contributed by atoms with Crippen molar-refractivity contribution in [2.45, 2.75) is 18.8 Å². The van der Waals surface area contributed by atoms with E-state index in [2.05, 4.69) is 15.3 Å². The Morgan fingerprint density at radius 2 is 1.82 bits per heavy atom. The lowest BCUT2D eigenvalue weighted by Gasteiger charge is -2.10. The predicted octanol–water partition coefficient (Wildman–Crippen LogP) is 2.62. The fraction of sp³-hybridized carbons (Fsp3) is 0.312. The molecule has 6 nitrogen and oxygen atoms in total. The van der Waals surface area contributed by atoms with Crippen molar-refractivity contribution < 1.29 is 14.3 Å². The third kappa shape index (κ3) is 3.00. The highest BCUT2D eigenvalue weighted by Crippen LogP contribution is 2.37. The number of hydrogen-bond acceptors (Lipinski definition) is 5. The molecule has 0 saturated heterocycles. The maximum atomic E-state index is 12.2. The van der Waals surface area contributed by atoms with Gasteiger partial charge < -0.3 is 14.8 Å². The van der Waals surface area contributed by atoms with Gasteiger partial charge in [-0.25, -0.2) is 9.97 Å². The normalized spacial score (nSPS) is 13.5. The molecular formula is C16H17N3O3. The van der Waals surface area contributed by atoms with E-state index in [1.807, 2.05) is 0 Å². The zero-order valence-corrected chi connectivity index (χ0v) is 12.5. The molecule has 3 rings (SSSR count). The van der Waals surface area contributed by atoms with E-state index in [4.69, 9.17) is 9.47 Å². The van der Waals surface area contributed by atoms with Gasteiger partial charge in [-0.15, -0.1) is 0 Å². The lowest BCUT2D eigenvalue weighted by Crippen LogP contribution is -2.13. The number of hydrogen-bond donors (Lipinski definition) is 1. The monoisotopic (exact) mass is 299 g/mol. The quantitative estimate of drug-likeness (QED) is 0.918. The van der Waals surface area contributed by atoms with Gasteiger partial charge in [0, 0.05) is 30.1 Å². The summed E-state index contributed by atoms with van der Waals surface area (Å²) in [6.07, 6.45) is 5.40. The number of anilines is 1. The second kappa shape index (κ2) is 6.01. The first-order valence-corrected chi connectivity index (χ1v) is 7.06. The highest BCUT2D eigenvalue weighted by atomic mass is 16.5. The SMILES string of the molecule is COc1ccc(NC(=O)c2cnc(C3CC3)nc2)cc1OC. The first-order valence-electron chi connectivity index (χ1n) is 7.06. The second-order valence-electron chi connectivity index (χ2n) is 5.13. The lowest BCUT2D eigenvalue weighted by atomic mass is 10.2. The highest BCUT2D eigenvalue weighted by Gasteiger charge is 2.26. The van der Waals surface area contributed by atoms with Crippen LogP contribution in [0.4, 0.5) is 5.69 Å². The van der Waals surface area contributed by atoms with E-state index in [1.54, 1.807) is 44.8 Å². The molecule has 1 N–H and O–H groups in total. The van der Waals surface area contributed by atoms with Crippen LogP contribution in [0.3, 0.4) is 0 Å². The molecule has 1 aliphatic rings. The van der Waals surface area contributed by atoms with Crippen LogP contribution < -0.4 is 14.8 Å². The molecule has 1 aromatic heterocycles. The molecule has 2 aromatic rings. The topological polar surface area (TPSA) is 73.3 Å². The third-order valence-corrected chi connectivity index (χ3v) is 3.52. The Morgan fingerprint density at radius 3 is 2.41 bits per heavy atom. The Kier molecular flexibility index (Phi) is 3.91. The van der Waals surface area contributed by atoms with Crippen LogP contribution >= 0.6 is 0 Å². The van der Waals surface area contributed by atoms with E-state index in [9.17, 15) is 4.79 Å². The third-order valence-electron chi connectivity index (χ3n) is 3.52. The van der Waals surface area contributed by atoms with Crippen molar-refractivity contribution in [1.82, 2.24) is 9.97 Å². The van der Waals surface area contributed by atoms with Crippen molar-refractivity contribution in [3.05, 3.63) is 42.0 Å². The van der Waals surface area contributed by atoms with Gasteiger partial charge in [0.05, 0.1) is 19.8 Å². The number of carbonyl (C=O) groups is 1. The molecule has 0 spiro atoms. The van der Waals surface area contributed by atoms with Crippen molar-refractivity contribution in [3.8, 4) is 11.5 Å². The van der Waals surface area contributed by atoms with Crippen LogP contribution in [0, 0.1) is 0 Å². The molecule has 1 saturated carbocycles. The maximum absolute atomic E-state index is 12.2. The summed E-state index contributed by atoms with van der Waals surface area (Å²) < 4.78 is 10.4. The smallest absolute Gasteiger partial charge is 0.258 e. The molecule has 1 heterocycles. The van der Waals surface area contributed by atoms with Crippen molar-refractivity contribution in [3.63, 3.8) is 0 Å². The molecule has 0 unspecified atom stereocenters. The first-order chi connectivity index (χ1) is 10.7. The van der Waals surface area contributed by atoms with E-state index in [0.717, 1.165) is 18.7 Å². The first kappa shape index (κ1) is 14.3. The van der Waals surface area contributed by atoms with Gasteiger partial charge in [0.15, 0.2) is 11.5 Å². The molecule has 0 atom stereocenters. The number of benzene rings is 1. The number of amides is 1. The molecule has 6 heteroatoms. The number of nitrogens with zero attached hydrogens (tertiary/aromatic N) is 2. The lowest BCUT2D eigenvalue weighted by molar-refractivity contribution is 0.102. The van der Waals surface area contributed by atoms with E-state index in [1.165, 1.54) is 0 Å². The average Bonchev–Trinajstić information content (AvgIpc) is 3.39. The van der Waals surface area contributed by atoms with Crippen molar-refractivity contribution in [2.24, 2.45) is 0 Å². The summed E-state index contributed by atoms with van der Waals surface area (Å²) in [4.78, 5) is 20.7. The Labute approximate surface area is 128 Å². The number of ether oxygens (including phenoxy) is 2. The Bertz CT molecular complexity index is 682. The summed E-state index contributed by atoms with van der Waals surface area (Å²) in [6, 6.07) is 5.19. The van der Waals surface area contributed by atoms with Gasteiger partial charge in [0.1, 0.15) is 5.82 Å². The van der Waals surface area contributed by atoms with Gasteiger partial charge in [0.2, 0.25) is 0 Å². The minimum Gasteiger partial charge on any atom is -0.493 e. The summed E-state index contributed by atoms with van der Waals surface area (Å²) in [5.74, 6) is 2.21. The molecule has 1 aromatic carbocycles. The van der Waals surface area contributed by atoms with Crippen LogP contribution in [0.25, 0.3) is 0 Å². The fourth-order valence-corrected chi connectivity index (χ4v) is 2.12. The van der Waals surface area contributed by atoms with Crippen LogP contribution in [-0.2, 0) is 0 Å².